The van der Waals surface area contributed by atoms with Crippen LogP contribution in [0.25, 0.3) is 0 Å². The van der Waals surface area contributed by atoms with Crippen LogP contribution in [-0.2, 0) is 16.6 Å². The summed E-state index contributed by atoms with van der Waals surface area (Å²) in [4.78, 5) is 8.18. The van der Waals surface area contributed by atoms with Crippen LogP contribution in [0.5, 0.6) is 0 Å². The second kappa shape index (κ2) is 5.69. The summed E-state index contributed by atoms with van der Waals surface area (Å²) in [5, 5.41) is 3.11. The Balaban J connectivity index is 1.75. The molecule has 6 nitrogen and oxygen atoms in total. The molecule has 1 aromatic heterocycles. The molecule has 1 N–H and O–H groups in total. The number of hydrogen-bond donors (Lipinski definition) is 1. The number of nitrogens with one attached hydrogen (secondary N) is 1. The lowest BCUT2D eigenvalue weighted by Gasteiger charge is -2.17. The Bertz CT molecular complexity index is 719. The van der Waals surface area contributed by atoms with E-state index in [1.807, 2.05) is 24.3 Å². The summed E-state index contributed by atoms with van der Waals surface area (Å²) in [7, 11) is -3.14. The van der Waals surface area contributed by atoms with Gasteiger partial charge in [0.1, 0.15) is 0 Å². The zero-order valence-corrected chi connectivity index (χ0v) is 12.3. The van der Waals surface area contributed by atoms with Crippen molar-refractivity contribution in [2.75, 3.05) is 21.9 Å². The molecular weight excluding hydrogens is 288 g/mol. The van der Waals surface area contributed by atoms with Gasteiger partial charge in [-0.2, -0.15) is 0 Å². The Hall–Kier alpha value is -2.15. The highest BCUT2D eigenvalue weighted by molar-refractivity contribution is 7.93. The van der Waals surface area contributed by atoms with Crippen LogP contribution >= 0.6 is 0 Å². The molecule has 1 fully saturated rings. The van der Waals surface area contributed by atoms with Gasteiger partial charge in [0.25, 0.3) is 0 Å². The molecule has 0 atom stereocenters. The maximum absolute atomic E-state index is 11.9. The van der Waals surface area contributed by atoms with Crippen LogP contribution < -0.4 is 9.62 Å². The van der Waals surface area contributed by atoms with Crippen molar-refractivity contribution in [1.29, 1.82) is 0 Å². The third-order valence-corrected chi connectivity index (χ3v) is 5.18. The van der Waals surface area contributed by atoms with Gasteiger partial charge in [-0.15, -0.1) is 0 Å². The van der Waals surface area contributed by atoms with E-state index in [1.54, 1.807) is 18.5 Å². The first-order valence-corrected chi connectivity index (χ1v) is 8.36. The first kappa shape index (κ1) is 13.8. The maximum Gasteiger partial charge on any atom is 0.235 e. The highest BCUT2D eigenvalue weighted by Gasteiger charge is 2.28. The van der Waals surface area contributed by atoms with Crippen LogP contribution in [0, 0.1) is 0 Å². The third kappa shape index (κ3) is 3.13. The number of benzene rings is 1. The van der Waals surface area contributed by atoms with E-state index < -0.39 is 10.0 Å². The van der Waals surface area contributed by atoms with Crippen molar-refractivity contribution in [2.24, 2.45) is 0 Å². The van der Waals surface area contributed by atoms with Gasteiger partial charge in [0, 0.05) is 25.5 Å². The Kier molecular flexibility index (Phi) is 3.74. The number of hydrogen-bond acceptors (Lipinski definition) is 5. The normalized spacial score (nSPS) is 16.9. The first-order chi connectivity index (χ1) is 10.1. The lowest BCUT2D eigenvalue weighted by atomic mass is 10.2. The van der Waals surface area contributed by atoms with Gasteiger partial charge in [-0.25, -0.2) is 18.4 Å². The van der Waals surface area contributed by atoms with Gasteiger partial charge >= 0.3 is 0 Å². The molecule has 1 aliphatic rings. The Morgan fingerprint density at radius 1 is 1.19 bits per heavy atom. The average Bonchev–Trinajstić information content (AvgIpc) is 2.86. The molecule has 0 amide bonds. The van der Waals surface area contributed by atoms with Crippen molar-refractivity contribution in [1.82, 2.24) is 9.97 Å². The number of sulfonamides is 1. The van der Waals surface area contributed by atoms with Crippen LogP contribution in [0.15, 0.2) is 42.7 Å². The molecule has 0 spiro atoms. The van der Waals surface area contributed by atoms with Crippen LogP contribution in [0.1, 0.15) is 12.0 Å². The van der Waals surface area contributed by atoms with Gasteiger partial charge in [-0.1, -0.05) is 12.1 Å². The zero-order valence-electron chi connectivity index (χ0n) is 11.4. The quantitative estimate of drug-likeness (QED) is 0.929. The predicted octanol–water partition coefficient (Wildman–Crippen LogP) is 1.63. The first-order valence-electron chi connectivity index (χ1n) is 6.75. The highest BCUT2D eigenvalue weighted by Crippen LogP contribution is 2.24. The summed E-state index contributed by atoms with van der Waals surface area (Å²) in [5.74, 6) is 0.782. The molecule has 110 valence electrons. The van der Waals surface area contributed by atoms with Crippen molar-refractivity contribution in [2.45, 2.75) is 13.0 Å². The van der Waals surface area contributed by atoms with Crippen LogP contribution in [0.4, 0.5) is 11.6 Å². The van der Waals surface area contributed by atoms with Crippen LogP contribution in [0.3, 0.4) is 0 Å². The number of nitrogens with zero attached hydrogens (tertiary/aromatic N) is 3. The lowest BCUT2D eigenvalue weighted by molar-refractivity contribution is 0.599. The summed E-state index contributed by atoms with van der Waals surface area (Å²) in [6.07, 6.45) is 4.02. The van der Waals surface area contributed by atoms with Gasteiger partial charge in [-0.05, 0) is 30.2 Å². The average molecular weight is 304 g/mol. The molecule has 1 aliphatic heterocycles. The van der Waals surface area contributed by atoms with E-state index in [2.05, 4.69) is 15.3 Å². The second-order valence-corrected chi connectivity index (χ2v) is 6.85. The predicted molar refractivity (Wildman–Crippen MR) is 81.6 cm³/mol. The van der Waals surface area contributed by atoms with Crippen LogP contribution in [0.2, 0.25) is 0 Å². The van der Waals surface area contributed by atoms with Crippen molar-refractivity contribution >= 4 is 21.7 Å². The minimum absolute atomic E-state index is 0.229. The minimum Gasteiger partial charge on any atom is -0.350 e. The van der Waals surface area contributed by atoms with E-state index in [4.69, 9.17) is 0 Å². The summed E-state index contributed by atoms with van der Waals surface area (Å²) in [6.45, 7) is 1.10. The lowest BCUT2D eigenvalue weighted by Crippen LogP contribution is -2.25. The largest absolute Gasteiger partial charge is 0.350 e. The SMILES string of the molecule is O=S1(=O)CCCN1c1cccc(CNc2ncccn2)c1. The molecule has 0 bridgehead atoms. The van der Waals surface area contributed by atoms with Crippen molar-refractivity contribution in [3.05, 3.63) is 48.3 Å². The zero-order chi connectivity index (χ0) is 14.7. The molecule has 0 saturated carbocycles. The highest BCUT2D eigenvalue weighted by atomic mass is 32.2. The topological polar surface area (TPSA) is 75.2 Å². The van der Waals surface area contributed by atoms with E-state index in [9.17, 15) is 8.42 Å². The van der Waals surface area contributed by atoms with Gasteiger partial charge in [0.2, 0.25) is 16.0 Å². The number of anilines is 2. The van der Waals surface area contributed by atoms with Crippen molar-refractivity contribution < 1.29 is 8.42 Å². The van der Waals surface area contributed by atoms with E-state index >= 15 is 0 Å². The molecule has 21 heavy (non-hydrogen) atoms. The van der Waals surface area contributed by atoms with E-state index in [0.717, 1.165) is 11.3 Å². The Morgan fingerprint density at radius 3 is 2.71 bits per heavy atom. The van der Waals surface area contributed by atoms with Crippen molar-refractivity contribution in [3.63, 3.8) is 0 Å². The molecule has 3 rings (SSSR count). The fourth-order valence-electron chi connectivity index (χ4n) is 2.32. The van der Waals surface area contributed by atoms with Crippen LogP contribution in [-0.4, -0.2) is 30.7 Å². The summed E-state index contributed by atoms with van der Waals surface area (Å²) in [5.41, 5.74) is 1.71. The summed E-state index contributed by atoms with van der Waals surface area (Å²) in [6, 6.07) is 9.28. The summed E-state index contributed by atoms with van der Waals surface area (Å²) < 4.78 is 25.4. The van der Waals surface area contributed by atoms with E-state index in [0.29, 0.717) is 25.5 Å². The molecule has 1 aromatic carbocycles. The molecule has 0 aliphatic carbocycles. The Labute approximate surface area is 123 Å². The molecule has 2 heterocycles. The molecule has 0 unspecified atom stereocenters. The van der Waals surface area contributed by atoms with Crippen molar-refractivity contribution in [3.8, 4) is 0 Å². The molecule has 2 aromatic rings. The molecule has 7 heteroatoms. The second-order valence-electron chi connectivity index (χ2n) is 4.84. The standard InChI is InChI=1S/C14H16N4O2S/c19-21(20)9-3-8-18(21)13-5-1-4-12(10-13)11-17-14-15-6-2-7-16-14/h1-2,4-7,10H,3,8-9,11H2,(H,15,16,17). The Morgan fingerprint density at radius 2 is 2.00 bits per heavy atom. The smallest absolute Gasteiger partial charge is 0.235 e. The minimum atomic E-state index is -3.14. The van der Waals surface area contributed by atoms with E-state index in [1.165, 1.54) is 4.31 Å². The summed E-state index contributed by atoms with van der Waals surface area (Å²) >= 11 is 0. The molecule has 1 saturated heterocycles. The van der Waals surface area contributed by atoms with Gasteiger partial charge < -0.3 is 5.32 Å². The maximum atomic E-state index is 11.9. The van der Waals surface area contributed by atoms with Gasteiger partial charge in [-0.3, -0.25) is 4.31 Å². The van der Waals surface area contributed by atoms with E-state index in [-0.39, 0.29) is 5.75 Å². The third-order valence-electron chi connectivity index (χ3n) is 3.31. The molecular formula is C14H16N4O2S. The monoisotopic (exact) mass is 304 g/mol. The fraction of sp³-hybridized carbons (Fsp3) is 0.286. The van der Waals surface area contributed by atoms with Gasteiger partial charge in [0.05, 0.1) is 11.4 Å². The molecule has 0 radical (unpaired) electrons. The number of aromatic nitrogens is 2. The fourth-order valence-corrected chi connectivity index (χ4v) is 3.88. The van der Waals surface area contributed by atoms with Gasteiger partial charge in [0.15, 0.2) is 0 Å². The number of rotatable bonds is 4.